The Morgan fingerprint density at radius 3 is 2.26 bits per heavy atom. The van der Waals surface area contributed by atoms with Gasteiger partial charge in [-0.3, -0.25) is 0 Å². The Labute approximate surface area is 137 Å². The predicted molar refractivity (Wildman–Crippen MR) is 81.9 cm³/mol. The molecule has 0 aliphatic heterocycles. The van der Waals surface area contributed by atoms with E-state index in [0.29, 0.717) is 5.02 Å². The van der Waals surface area contributed by atoms with Crippen LogP contribution in [0.1, 0.15) is 18.4 Å². The van der Waals surface area contributed by atoms with Gasteiger partial charge in [-0.1, -0.05) is 11.6 Å². The molecule has 0 amide bonds. The average molecular weight is 359 g/mol. The Balaban J connectivity index is 2.18. The van der Waals surface area contributed by atoms with Crippen molar-refractivity contribution in [3.8, 4) is 0 Å². The highest BCUT2D eigenvalue weighted by Crippen LogP contribution is 2.51. The van der Waals surface area contributed by atoms with Crippen molar-refractivity contribution >= 4 is 21.4 Å². The molecule has 0 aromatic heterocycles. The standard InChI is InChI=1S/C16H13ClF2O3S/c17-10-1-4-13(5-2-10)23(21,22)16(8-12(20)9-16)14-7-11(18)3-6-15(14)19/h1-7,12,20H,8-9H2. The van der Waals surface area contributed by atoms with E-state index in [9.17, 15) is 22.3 Å². The van der Waals surface area contributed by atoms with Crippen molar-refractivity contribution in [1.29, 1.82) is 0 Å². The molecule has 3 nitrogen and oxygen atoms in total. The van der Waals surface area contributed by atoms with Crippen LogP contribution in [0.15, 0.2) is 47.4 Å². The highest BCUT2D eigenvalue weighted by molar-refractivity contribution is 7.92. The summed E-state index contributed by atoms with van der Waals surface area (Å²) in [6.07, 6.45) is -1.24. The van der Waals surface area contributed by atoms with Gasteiger partial charge in [-0.15, -0.1) is 0 Å². The number of hydrogen-bond acceptors (Lipinski definition) is 3. The SMILES string of the molecule is O=S(=O)(c1ccc(Cl)cc1)C1(c2cc(F)ccc2F)CC(O)C1. The number of benzene rings is 2. The fourth-order valence-electron chi connectivity index (χ4n) is 2.97. The lowest BCUT2D eigenvalue weighted by atomic mass is 9.76. The van der Waals surface area contributed by atoms with Crippen LogP contribution in [0.5, 0.6) is 0 Å². The fraction of sp³-hybridized carbons (Fsp3) is 0.250. The number of sulfone groups is 1. The Hall–Kier alpha value is -1.50. The third-order valence-corrected chi connectivity index (χ3v) is 6.92. The molecule has 1 aliphatic carbocycles. The Morgan fingerprint density at radius 1 is 1.09 bits per heavy atom. The maximum atomic E-state index is 14.2. The van der Waals surface area contributed by atoms with Crippen LogP contribution in [-0.4, -0.2) is 19.6 Å². The van der Waals surface area contributed by atoms with Gasteiger partial charge in [0.1, 0.15) is 16.4 Å². The maximum absolute atomic E-state index is 14.2. The van der Waals surface area contributed by atoms with Crippen LogP contribution in [-0.2, 0) is 14.6 Å². The zero-order chi connectivity index (χ0) is 16.8. The minimum atomic E-state index is -4.03. The smallest absolute Gasteiger partial charge is 0.188 e. The fourth-order valence-corrected chi connectivity index (χ4v) is 5.31. The molecule has 1 aliphatic rings. The zero-order valence-corrected chi connectivity index (χ0v) is 13.4. The lowest BCUT2D eigenvalue weighted by Gasteiger charge is -2.44. The summed E-state index contributed by atoms with van der Waals surface area (Å²) in [7, 11) is -4.03. The summed E-state index contributed by atoms with van der Waals surface area (Å²) < 4.78 is 52.1. The molecule has 1 saturated carbocycles. The monoisotopic (exact) mass is 358 g/mol. The van der Waals surface area contributed by atoms with E-state index in [4.69, 9.17) is 11.6 Å². The van der Waals surface area contributed by atoms with Crippen molar-refractivity contribution in [1.82, 2.24) is 0 Å². The van der Waals surface area contributed by atoms with Gasteiger partial charge in [0.15, 0.2) is 9.84 Å². The molecule has 0 bridgehead atoms. The Kier molecular flexibility index (Phi) is 3.94. The van der Waals surface area contributed by atoms with Gasteiger partial charge in [0.2, 0.25) is 0 Å². The van der Waals surface area contributed by atoms with Crippen molar-refractivity contribution < 1.29 is 22.3 Å². The second-order valence-corrected chi connectivity index (χ2v) is 8.33. The van der Waals surface area contributed by atoms with Gasteiger partial charge in [0.05, 0.1) is 11.0 Å². The van der Waals surface area contributed by atoms with Crippen LogP contribution in [0, 0.1) is 11.6 Å². The van der Waals surface area contributed by atoms with Crippen LogP contribution < -0.4 is 0 Å². The van der Waals surface area contributed by atoms with E-state index in [0.717, 1.165) is 18.2 Å². The summed E-state index contributed by atoms with van der Waals surface area (Å²) in [6, 6.07) is 8.18. The molecule has 3 rings (SSSR count). The van der Waals surface area contributed by atoms with Crippen molar-refractivity contribution in [2.24, 2.45) is 0 Å². The molecule has 1 N–H and O–H groups in total. The van der Waals surface area contributed by atoms with Gasteiger partial charge >= 0.3 is 0 Å². The van der Waals surface area contributed by atoms with Gasteiger partial charge in [-0.2, -0.15) is 0 Å². The van der Waals surface area contributed by atoms with E-state index in [1.807, 2.05) is 0 Å². The van der Waals surface area contributed by atoms with E-state index < -0.39 is 32.3 Å². The number of aliphatic hydroxyl groups is 1. The van der Waals surface area contributed by atoms with Crippen molar-refractivity contribution in [2.45, 2.75) is 28.6 Å². The normalized spacial score (nSPS) is 24.3. The van der Waals surface area contributed by atoms with E-state index in [1.165, 1.54) is 24.3 Å². The molecular formula is C16H13ClF2O3S. The van der Waals surface area contributed by atoms with Crippen molar-refractivity contribution in [3.63, 3.8) is 0 Å². The second-order valence-electron chi connectivity index (χ2n) is 5.64. The van der Waals surface area contributed by atoms with Gasteiger partial charge in [0.25, 0.3) is 0 Å². The minimum Gasteiger partial charge on any atom is -0.393 e. The molecule has 122 valence electrons. The molecule has 0 radical (unpaired) electrons. The van der Waals surface area contributed by atoms with Crippen LogP contribution in [0.25, 0.3) is 0 Å². The average Bonchev–Trinajstić information content (AvgIpc) is 2.46. The summed E-state index contributed by atoms with van der Waals surface area (Å²) in [5.41, 5.74) is -0.252. The molecule has 0 heterocycles. The maximum Gasteiger partial charge on any atom is 0.188 e. The third-order valence-electron chi connectivity index (χ3n) is 4.19. The molecule has 0 spiro atoms. The minimum absolute atomic E-state index is 0.0440. The molecular weight excluding hydrogens is 346 g/mol. The number of aliphatic hydroxyl groups excluding tert-OH is 1. The summed E-state index contributed by atoms with van der Waals surface area (Å²) in [4.78, 5) is -0.0440. The Bertz CT molecular complexity index is 844. The van der Waals surface area contributed by atoms with Crippen molar-refractivity contribution in [2.75, 3.05) is 0 Å². The Morgan fingerprint density at radius 2 is 1.70 bits per heavy atom. The summed E-state index contributed by atoms with van der Waals surface area (Å²) >= 11 is 5.77. The third kappa shape index (κ3) is 2.55. The van der Waals surface area contributed by atoms with E-state index in [-0.39, 0.29) is 23.3 Å². The van der Waals surface area contributed by atoms with E-state index in [2.05, 4.69) is 0 Å². The molecule has 2 aromatic carbocycles. The van der Waals surface area contributed by atoms with E-state index >= 15 is 0 Å². The summed E-state index contributed by atoms with van der Waals surface area (Å²) in [5, 5.41) is 10.0. The number of halogens is 3. The quantitative estimate of drug-likeness (QED) is 0.914. The number of rotatable bonds is 3. The molecule has 1 fully saturated rings. The first-order valence-electron chi connectivity index (χ1n) is 6.90. The summed E-state index contributed by atoms with van der Waals surface area (Å²) in [5.74, 6) is -1.54. The lowest BCUT2D eigenvalue weighted by molar-refractivity contribution is 0.0539. The van der Waals surface area contributed by atoms with Crippen LogP contribution in [0.2, 0.25) is 5.02 Å². The van der Waals surface area contributed by atoms with Crippen molar-refractivity contribution in [3.05, 3.63) is 64.7 Å². The van der Waals surface area contributed by atoms with Gasteiger partial charge in [-0.05, 0) is 55.3 Å². The second kappa shape index (κ2) is 5.54. The zero-order valence-electron chi connectivity index (χ0n) is 11.8. The molecule has 7 heteroatoms. The molecule has 0 atom stereocenters. The molecule has 0 unspecified atom stereocenters. The predicted octanol–water partition coefficient (Wildman–Crippen LogP) is 3.44. The van der Waals surface area contributed by atoms with Crippen LogP contribution in [0.4, 0.5) is 8.78 Å². The molecule has 0 saturated heterocycles. The van der Waals surface area contributed by atoms with E-state index in [1.54, 1.807) is 0 Å². The molecule has 23 heavy (non-hydrogen) atoms. The molecule has 2 aromatic rings. The van der Waals surface area contributed by atoms with Crippen LogP contribution in [0.3, 0.4) is 0 Å². The highest BCUT2D eigenvalue weighted by atomic mass is 35.5. The highest BCUT2D eigenvalue weighted by Gasteiger charge is 2.56. The van der Waals surface area contributed by atoms with Gasteiger partial charge < -0.3 is 5.11 Å². The summed E-state index contributed by atoms with van der Waals surface area (Å²) in [6.45, 7) is 0. The largest absolute Gasteiger partial charge is 0.393 e. The lowest BCUT2D eigenvalue weighted by Crippen LogP contribution is -2.51. The first kappa shape index (κ1) is 16.4. The van der Waals surface area contributed by atoms with Gasteiger partial charge in [-0.25, -0.2) is 17.2 Å². The first-order chi connectivity index (χ1) is 10.8. The van der Waals surface area contributed by atoms with Crippen LogP contribution >= 0.6 is 11.6 Å². The first-order valence-corrected chi connectivity index (χ1v) is 8.76. The topological polar surface area (TPSA) is 54.4 Å². The van der Waals surface area contributed by atoms with Gasteiger partial charge in [0, 0.05) is 10.6 Å². The number of hydrogen-bond donors (Lipinski definition) is 1.